The molecule has 0 spiro atoms. The van der Waals surface area contributed by atoms with Gasteiger partial charge in [-0.2, -0.15) is 0 Å². The van der Waals surface area contributed by atoms with Crippen molar-refractivity contribution in [1.29, 1.82) is 0 Å². The van der Waals surface area contributed by atoms with Gasteiger partial charge in [0.1, 0.15) is 5.65 Å². The molecule has 0 saturated carbocycles. The molecule has 0 aliphatic heterocycles. The minimum atomic E-state index is 1.02. The average Bonchev–Trinajstić information content (AvgIpc) is 2.66. The molecule has 0 fully saturated rings. The zero-order valence-corrected chi connectivity index (χ0v) is 10.2. The van der Waals surface area contributed by atoms with Crippen molar-refractivity contribution in [1.82, 2.24) is 9.97 Å². The summed E-state index contributed by atoms with van der Waals surface area (Å²) in [5.41, 5.74) is 3.57. The smallest absolute Gasteiger partial charge is 0.137 e. The van der Waals surface area contributed by atoms with E-state index in [0.717, 1.165) is 12.1 Å². The normalized spacial score (nSPS) is 11.1. The molecule has 1 N–H and O–H groups in total. The molecule has 0 bridgehead atoms. The Morgan fingerprint density at radius 2 is 2.06 bits per heavy atom. The monoisotopic (exact) mass is 216 g/mol. The molecule has 16 heavy (non-hydrogen) atoms. The van der Waals surface area contributed by atoms with Crippen molar-refractivity contribution < 1.29 is 0 Å². The third-order valence-electron chi connectivity index (χ3n) is 2.96. The second-order valence-electron chi connectivity index (χ2n) is 4.56. The Hall–Kier alpha value is -1.31. The Morgan fingerprint density at radius 1 is 1.19 bits per heavy atom. The average molecular weight is 216 g/mol. The maximum absolute atomic E-state index is 4.39. The zero-order valence-electron chi connectivity index (χ0n) is 10.2. The Bertz CT molecular complexity index is 457. The van der Waals surface area contributed by atoms with Crippen LogP contribution in [0.2, 0.25) is 0 Å². The van der Waals surface area contributed by atoms with Crippen LogP contribution in [0.15, 0.2) is 18.3 Å². The summed E-state index contributed by atoms with van der Waals surface area (Å²) in [4.78, 5) is 7.78. The number of aromatic amines is 1. The molecule has 86 valence electrons. The van der Waals surface area contributed by atoms with E-state index in [1.165, 1.54) is 42.3 Å². The van der Waals surface area contributed by atoms with Crippen molar-refractivity contribution in [3.63, 3.8) is 0 Å². The van der Waals surface area contributed by atoms with E-state index in [9.17, 15) is 0 Å². The standard InChI is InChI=1S/C14H20N2/c1-3-4-5-6-7-13-9-12-8-11(2)10-15-14(12)16-13/h8-10H,3-7H2,1-2H3,(H,15,16). The first-order valence-electron chi connectivity index (χ1n) is 6.24. The lowest BCUT2D eigenvalue weighted by atomic mass is 10.1. The fraction of sp³-hybridized carbons (Fsp3) is 0.500. The van der Waals surface area contributed by atoms with E-state index in [4.69, 9.17) is 0 Å². The molecule has 2 rings (SSSR count). The number of aromatic nitrogens is 2. The summed E-state index contributed by atoms with van der Waals surface area (Å²) in [6.45, 7) is 4.33. The van der Waals surface area contributed by atoms with Crippen molar-refractivity contribution in [3.05, 3.63) is 29.6 Å². The molecule has 2 nitrogen and oxygen atoms in total. The highest BCUT2D eigenvalue weighted by atomic mass is 14.8. The second-order valence-corrected chi connectivity index (χ2v) is 4.56. The third-order valence-corrected chi connectivity index (χ3v) is 2.96. The number of unbranched alkanes of at least 4 members (excludes halogenated alkanes) is 3. The molecule has 2 heterocycles. The number of hydrogen-bond donors (Lipinski definition) is 1. The summed E-state index contributed by atoms with van der Waals surface area (Å²) in [6.07, 6.45) is 8.32. The fourth-order valence-electron chi connectivity index (χ4n) is 2.06. The largest absolute Gasteiger partial charge is 0.343 e. The SMILES string of the molecule is CCCCCCc1cc2cc(C)cnc2[nH]1. The lowest BCUT2D eigenvalue weighted by Gasteiger charge is -1.96. The molecule has 0 amide bonds. The van der Waals surface area contributed by atoms with Crippen molar-refractivity contribution in [3.8, 4) is 0 Å². The highest BCUT2D eigenvalue weighted by Gasteiger charge is 2.01. The molecule has 2 aromatic heterocycles. The molecule has 0 aliphatic rings. The molecule has 0 aliphatic carbocycles. The number of hydrogen-bond acceptors (Lipinski definition) is 1. The van der Waals surface area contributed by atoms with Crippen LogP contribution in [0.5, 0.6) is 0 Å². The Morgan fingerprint density at radius 3 is 2.88 bits per heavy atom. The quantitative estimate of drug-likeness (QED) is 0.752. The van der Waals surface area contributed by atoms with Crippen LogP contribution in [0.25, 0.3) is 11.0 Å². The van der Waals surface area contributed by atoms with Gasteiger partial charge in [-0.15, -0.1) is 0 Å². The van der Waals surface area contributed by atoms with E-state index >= 15 is 0 Å². The summed E-state index contributed by atoms with van der Waals surface area (Å²) >= 11 is 0. The van der Waals surface area contributed by atoms with Crippen LogP contribution < -0.4 is 0 Å². The number of rotatable bonds is 5. The summed E-state index contributed by atoms with van der Waals surface area (Å²) in [6, 6.07) is 4.43. The number of H-pyrrole nitrogens is 1. The minimum Gasteiger partial charge on any atom is -0.343 e. The summed E-state index contributed by atoms with van der Waals surface area (Å²) in [5.74, 6) is 0. The van der Waals surface area contributed by atoms with E-state index in [1.807, 2.05) is 6.20 Å². The van der Waals surface area contributed by atoms with E-state index in [1.54, 1.807) is 0 Å². The van der Waals surface area contributed by atoms with Crippen LogP contribution >= 0.6 is 0 Å². The van der Waals surface area contributed by atoms with Gasteiger partial charge in [0.05, 0.1) is 0 Å². The molecule has 0 aromatic carbocycles. The summed E-state index contributed by atoms with van der Waals surface area (Å²) < 4.78 is 0. The van der Waals surface area contributed by atoms with Crippen LogP contribution in [0.4, 0.5) is 0 Å². The number of pyridine rings is 1. The first-order valence-corrected chi connectivity index (χ1v) is 6.24. The lowest BCUT2D eigenvalue weighted by Crippen LogP contribution is -1.85. The third kappa shape index (κ3) is 2.63. The van der Waals surface area contributed by atoms with Crippen LogP contribution in [-0.2, 0) is 6.42 Å². The summed E-state index contributed by atoms with van der Waals surface area (Å²) in [5, 5.41) is 1.24. The maximum Gasteiger partial charge on any atom is 0.137 e. The van der Waals surface area contributed by atoms with Crippen molar-refractivity contribution in [2.75, 3.05) is 0 Å². The van der Waals surface area contributed by atoms with Gasteiger partial charge < -0.3 is 4.98 Å². The van der Waals surface area contributed by atoms with Gasteiger partial charge in [0.15, 0.2) is 0 Å². The Balaban J connectivity index is 2.02. The number of aryl methyl sites for hydroxylation is 2. The highest BCUT2D eigenvalue weighted by Crippen LogP contribution is 2.16. The van der Waals surface area contributed by atoms with E-state index in [2.05, 4.69) is 35.9 Å². The van der Waals surface area contributed by atoms with Crippen LogP contribution in [0.3, 0.4) is 0 Å². The van der Waals surface area contributed by atoms with Crippen LogP contribution in [0, 0.1) is 6.92 Å². The van der Waals surface area contributed by atoms with Gasteiger partial charge in [-0.1, -0.05) is 26.2 Å². The van der Waals surface area contributed by atoms with Gasteiger partial charge in [-0.3, -0.25) is 0 Å². The van der Waals surface area contributed by atoms with Crippen molar-refractivity contribution >= 4 is 11.0 Å². The van der Waals surface area contributed by atoms with Crippen molar-refractivity contribution in [2.45, 2.75) is 46.0 Å². The predicted octanol–water partition coefficient (Wildman–Crippen LogP) is 3.99. The first kappa shape index (κ1) is 11.2. The van der Waals surface area contributed by atoms with Gasteiger partial charge in [0.2, 0.25) is 0 Å². The summed E-state index contributed by atoms with van der Waals surface area (Å²) in [7, 11) is 0. The van der Waals surface area contributed by atoms with Gasteiger partial charge in [-0.05, 0) is 37.5 Å². The van der Waals surface area contributed by atoms with Gasteiger partial charge >= 0.3 is 0 Å². The molecule has 2 aromatic rings. The van der Waals surface area contributed by atoms with E-state index in [-0.39, 0.29) is 0 Å². The highest BCUT2D eigenvalue weighted by molar-refractivity contribution is 5.76. The second kappa shape index (κ2) is 5.15. The molecule has 0 atom stereocenters. The van der Waals surface area contributed by atoms with E-state index < -0.39 is 0 Å². The fourth-order valence-corrected chi connectivity index (χ4v) is 2.06. The molecule has 2 heteroatoms. The maximum atomic E-state index is 4.39. The topological polar surface area (TPSA) is 28.7 Å². The minimum absolute atomic E-state index is 1.02. The Kier molecular flexibility index (Phi) is 3.60. The lowest BCUT2D eigenvalue weighted by molar-refractivity contribution is 0.662. The molecular weight excluding hydrogens is 196 g/mol. The zero-order chi connectivity index (χ0) is 11.4. The van der Waals surface area contributed by atoms with Crippen LogP contribution in [0.1, 0.15) is 43.9 Å². The molecule has 0 unspecified atom stereocenters. The van der Waals surface area contributed by atoms with E-state index in [0.29, 0.717) is 0 Å². The van der Waals surface area contributed by atoms with Gasteiger partial charge in [0, 0.05) is 17.3 Å². The molecule has 0 saturated heterocycles. The molecule has 0 radical (unpaired) electrons. The number of nitrogens with zero attached hydrogens (tertiary/aromatic N) is 1. The first-order chi connectivity index (χ1) is 7.79. The Labute approximate surface area is 97.1 Å². The molecular formula is C14H20N2. The van der Waals surface area contributed by atoms with Gasteiger partial charge in [-0.25, -0.2) is 4.98 Å². The number of fused-ring (bicyclic) bond motifs is 1. The van der Waals surface area contributed by atoms with Gasteiger partial charge in [0.25, 0.3) is 0 Å². The predicted molar refractivity (Wildman–Crippen MR) is 68.7 cm³/mol. The number of nitrogens with one attached hydrogen (secondary N) is 1. The van der Waals surface area contributed by atoms with Crippen LogP contribution in [-0.4, -0.2) is 9.97 Å². The van der Waals surface area contributed by atoms with Crippen molar-refractivity contribution in [2.24, 2.45) is 0 Å².